The lowest BCUT2D eigenvalue weighted by Gasteiger charge is -2.40. The molecular formula is C30H48N2O4. The van der Waals surface area contributed by atoms with E-state index >= 15 is 0 Å². The van der Waals surface area contributed by atoms with Crippen molar-refractivity contribution in [3.63, 3.8) is 0 Å². The molecule has 36 heavy (non-hydrogen) atoms. The van der Waals surface area contributed by atoms with Gasteiger partial charge in [0.25, 0.3) is 0 Å². The van der Waals surface area contributed by atoms with Crippen LogP contribution in [0, 0.1) is 5.41 Å². The van der Waals surface area contributed by atoms with Gasteiger partial charge in [-0.15, -0.1) is 0 Å². The van der Waals surface area contributed by atoms with Gasteiger partial charge in [0.2, 0.25) is 0 Å². The fourth-order valence-electron chi connectivity index (χ4n) is 5.87. The molecule has 2 N–H and O–H groups in total. The number of aliphatic carboxylic acids is 1. The van der Waals surface area contributed by atoms with Crippen LogP contribution in [0.1, 0.15) is 103 Å². The van der Waals surface area contributed by atoms with Crippen molar-refractivity contribution in [2.45, 2.75) is 122 Å². The van der Waals surface area contributed by atoms with E-state index in [1.54, 1.807) is 0 Å². The van der Waals surface area contributed by atoms with Crippen LogP contribution in [0.4, 0.5) is 4.79 Å². The number of nitrogens with one attached hydrogen (secondary N) is 1. The van der Waals surface area contributed by atoms with Crippen molar-refractivity contribution in [3.8, 4) is 0 Å². The maximum Gasteiger partial charge on any atom is 0.410 e. The van der Waals surface area contributed by atoms with Crippen LogP contribution in [0.2, 0.25) is 0 Å². The lowest BCUT2D eigenvalue weighted by molar-refractivity contribution is -0.152. The molecule has 1 unspecified atom stereocenters. The summed E-state index contributed by atoms with van der Waals surface area (Å²) in [6, 6.07) is 11.3. The molecule has 1 aliphatic heterocycles. The number of ether oxygens (including phenoxy) is 1. The first-order valence-corrected chi connectivity index (χ1v) is 14.2. The molecule has 2 aliphatic carbocycles. The average Bonchev–Trinajstić information content (AvgIpc) is 2.85. The number of piperidine rings is 1. The highest BCUT2D eigenvalue weighted by Gasteiger charge is 2.44. The van der Waals surface area contributed by atoms with E-state index in [4.69, 9.17) is 4.74 Å². The molecule has 1 atom stereocenters. The van der Waals surface area contributed by atoms with Crippen LogP contribution in [-0.4, -0.2) is 52.8 Å². The fourth-order valence-corrected chi connectivity index (χ4v) is 5.87. The van der Waals surface area contributed by atoms with Crippen molar-refractivity contribution in [1.29, 1.82) is 0 Å². The highest BCUT2D eigenvalue weighted by atomic mass is 16.6. The maximum absolute atomic E-state index is 12.3. The minimum Gasteiger partial charge on any atom is -0.481 e. The molecule has 6 nitrogen and oxygen atoms in total. The lowest BCUT2D eigenvalue weighted by atomic mass is 9.75. The van der Waals surface area contributed by atoms with Crippen LogP contribution in [0.3, 0.4) is 0 Å². The normalized spacial score (nSPS) is 23.9. The Bertz CT molecular complexity index is 794. The number of carbonyl (C=O) groups is 2. The SMILES string of the molecule is C1CCC(NC2CCCCC2)CC1.CC(C)(C)OC(=O)N1CCCC(Cc2ccccc2)(C(=O)O)C1. The zero-order valence-corrected chi connectivity index (χ0v) is 22.8. The summed E-state index contributed by atoms with van der Waals surface area (Å²) >= 11 is 0. The van der Waals surface area contributed by atoms with E-state index in [0.717, 1.165) is 17.6 Å². The molecule has 3 fully saturated rings. The first-order valence-electron chi connectivity index (χ1n) is 14.2. The monoisotopic (exact) mass is 500 g/mol. The number of likely N-dealkylation sites (tertiary alicyclic amines) is 1. The Morgan fingerprint density at radius 3 is 2.00 bits per heavy atom. The Morgan fingerprint density at radius 2 is 1.50 bits per heavy atom. The van der Waals surface area contributed by atoms with Crippen LogP contribution >= 0.6 is 0 Å². The van der Waals surface area contributed by atoms with Crippen molar-refractivity contribution < 1.29 is 19.4 Å². The smallest absolute Gasteiger partial charge is 0.410 e. The van der Waals surface area contributed by atoms with Crippen LogP contribution < -0.4 is 5.32 Å². The summed E-state index contributed by atoms with van der Waals surface area (Å²) in [5.41, 5.74) is -0.558. The van der Waals surface area contributed by atoms with Crippen LogP contribution in [0.15, 0.2) is 30.3 Å². The number of rotatable bonds is 5. The van der Waals surface area contributed by atoms with E-state index in [2.05, 4.69) is 5.32 Å². The Labute approximate surface area is 218 Å². The van der Waals surface area contributed by atoms with Gasteiger partial charge in [-0.1, -0.05) is 68.9 Å². The second kappa shape index (κ2) is 13.5. The Hall–Kier alpha value is -2.08. The molecule has 0 aromatic heterocycles. The summed E-state index contributed by atoms with van der Waals surface area (Å²) in [4.78, 5) is 25.8. The topological polar surface area (TPSA) is 78.9 Å². The number of benzene rings is 1. The van der Waals surface area contributed by atoms with E-state index < -0.39 is 23.1 Å². The molecule has 1 saturated heterocycles. The quantitative estimate of drug-likeness (QED) is 0.478. The first kappa shape index (κ1) is 28.5. The molecular weight excluding hydrogens is 452 g/mol. The second-order valence-corrected chi connectivity index (χ2v) is 12.1. The van der Waals surface area contributed by atoms with E-state index in [1.807, 2.05) is 51.1 Å². The van der Waals surface area contributed by atoms with Gasteiger partial charge in [-0.2, -0.15) is 0 Å². The summed E-state index contributed by atoms with van der Waals surface area (Å²) in [5.74, 6) is -0.852. The molecule has 3 aliphatic rings. The Kier molecular flexibility index (Phi) is 10.7. The molecule has 0 bridgehead atoms. The summed E-state index contributed by atoms with van der Waals surface area (Å²) in [5, 5.41) is 13.7. The van der Waals surface area contributed by atoms with Gasteiger partial charge in [0, 0.05) is 25.2 Å². The molecule has 6 heteroatoms. The molecule has 1 aromatic rings. The number of carbonyl (C=O) groups excluding carboxylic acids is 1. The van der Waals surface area contributed by atoms with Gasteiger partial charge in [0.15, 0.2) is 0 Å². The minimum absolute atomic E-state index is 0.187. The van der Waals surface area contributed by atoms with E-state index in [1.165, 1.54) is 69.1 Å². The van der Waals surface area contributed by atoms with Gasteiger partial charge < -0.3 is 20.1 Å². The third-order valence-electron chi connectivity index (χ3n) is 7.75. The molecule has 1 heterocycles. The highest BCUT2D eigenvalue weighted by Crippen LogP contribution is 2.35. The van der Waals surface area contributed by atoms with Gasteiger partial charge in [0.1, 0.15) is 5.60 Å². The van der Waals surface area contributed by atoms with Crippen molar-refractivity contribution in [1.82, 2.24) is 10.2 Å². The number of hydrogen-bond acceptors (Lipinski definition) is 4. The van der Waals surface area contributed by atoms with Gasteiger partial charge in [-0.25, -0.2) is 4.79 Å². The van der Waals surface area contributed by atoms with Crippen LogP contribution in [0.25, 0.3) is 0 Å². The minimum atomic E-state index is -0.948. The summed E-state index contributed by atoms with van der Waals surface area (Å²) in [6.07, 6.45) is 15.8. The van der Waals surface area contributed by atoms with E-state index in [-0.39, 0.29) is 6.54 Å². The van der Waals surface area contributed by atoms with Gasteiger partial charge in [-0.3, -0.25) is 4.79 Å². The Morgan fingerprint density at radius 1 is 0.944 bits per heavy atom. The van der Waals surface area contributed by atoms with Gasteiger partial charge >= 0.3 is 12.1 Å². The van der Waals surface area contributed by atoms with Crippen LogP contribution in [0.5, 0.6) is 0 Å². The third-order valence-corrected chi connectivity index (χ3v) is 7.75. The molecule has 2 saturated carbocycles. The predicted octanol–water partition coefficient (Wildman–Crippen LogP) is 6.57. The second-order valence-electron chi connectivity index (χ2n) is 12.1. The largest absolute Gasteiger partial charge is 0.481 e. The van der Waals surface area contributed by atoms with Crippen molar-refractivity contribution in [3.05, 3.63) is 35.9 Å². The lowest BCUT2D eigenvalue weighted by Crippen LogP contribution is -2.52. The highest BCUT2D eigenvalue weighted by molar-refractivity contribution is 5.77. The Balaban J connectivity index is 0.000000233. The number of amides is 1. The van der Waals surface area contributed by atoms with Crippen molar-refractivity contribution in [2.75, 3.05) is 13.1 Å². The zero-order chi connectivity index (χ0) is 26.0. The average molecular weight is 501 g/mol. The molecule has 0 radical (unpaired) electrons. The molecule has 202 valence electrons. The summed E-state index contributed by atoms with van der Waals surface area (Å²) < 4.78 is 5.39. The van der Waals surface area contributed by atoms with Gasteiger partial charge in [0.05, 0.1) is 5.41 Å². The number of carboxylic acids is 1. The number of carboxylic acid groups (broad SMARTS) is 1. The van der Waals surface area contributed by atoms with E-state index in [9.17, 15) is 14.7 Å². The summed E-state index contributed by atoms with van der Waals surface area (Å²) in [6.45, 7) is 6.15. The third kappa shape index (κ3) is 9.10. The zero-order valence-electron chi connectivity index (χ0n) is 22.8. The summed E-state index contributed by atoms with van der Waals surface area (Å²) in [7, 11) is 0. The number of nitrogens with zero attached hydrogens (tertiary/aromatic N) is 1. The molecule has 0 spiro atoms. The standard InChI is InChI=1S/C18H25NO4.C12H23N/c1-17(2,3)23-16(22)19-11-7-10-18(13-19,15(20)21)12-14-8-5-4-6-9-14;1-3-7-11(8-4-1)13-12-9-5-2-6-10-12/h4-6,8-9H,7,10-13H2,1-3H3,(H,20,21);11-13H,1-10H2. The molecule has 1 aromatic carbocycles. The van der Waals surface area contributed by atoms with Gasteiger partial charge in [-0.05, 0) is 71.3 Å². The predicted molar refractivity (Wildman–Crippen MR) is 144 cm³/mol. The fraction of sp³-hybridized carbons (Fsp3) is 0.733. The van der Waals surface area contributed by atoms with Crippen molar-refractivity contribution in [2.24, 2.45) is 5.41 Å². The number of hydrogen-bond donors (Lipinski definition) is 2. The molecule has 1 amide bonds. The van der Waals surface area contributed by atoms with Crippen LogP contribution in [-0.2, 0) is 16.0 Å². The molecule has 4 rings (SSSR count). The van der Waals surface area contributed by atoms with E-state index in [0.29, 0.717) is 25.8 Å². The van der Waals surface area contributed by atoms with Crippen molar-refractivity contribution >= 4 is 12.1 Å². The first-order chi connectivity index (χ1) is 17.2. The maximum atomic E-state index is 12.3.